The number of benzene rings is 2. The van der Waals surface area contributed by atoms with E-state index in [1.807, 2.05) is 31.2 Å². The first kappa shape index (κ1) is 13.9. The van der Waals surface area contributed by atoms with E-state index in [2.05, 4.69) is 22.0 Å². The van der Waals surface area contributed by atoms with Gasteiger partial charge in [0.15, 0.2) is 0 Å². The van der Waals surface area contributed by atoms with Gasteiger partial charge in [0.2, 0.25) is 0 Å². The Kier molecular flexibility index (Phi) is 4.47. The molecule has 0 radical (unpaired) electrons. The van der Waals surface area contributed by atoms with Crippen LogP contribution in [0, 0.1) is 18.3 Å². The minimum absolute atomic E-state index is 0.510. The topological polar surface area (TPSA) is 33.0 Å². The normalized spacial score (nSPS) is 10.0. The Morgan fingerprint density at radius 3 is 2.68 bits per heavy atom. The highest BCUT2D eigenvalue weighted by atomic mass is 79.9. The van der Waals surface area contributed by atoms with E-state index < -0.39 is 0 Å². The molecule has 0 aromatic heterocycles. The molecule has 2 aromatic carbocycles. The number of nitriles is 1. The fourth-order valence-corrected chi connectivity index (χ4v) is 2.15. The van der Waals surface area contributed by atoms with Crippen LogP contribution < -0.4 is 4.74 Å². The van der Waals surface area contributed by atoms with Gasteiger partial charge in [-0.25, -0.2) is 0 Å². The molecule has 0 atom stereocenters. The van der Waals surface area contributed by atoms with E-state index in [-0.39, 0.29) is 0 Å². The molecule has 0 bridgehead atoms. The smallest absolute Gasteiger partial charge is 0.145 e. The molecule has 2 nitrogen and oxygen atoms in total. The average molecular weight is 337 g/mol. The van der Waals surface area contributed by atoms with Crippen molar-refractivity contribution < 1.29 is 4.74 Å². The Morgan fingerprint density at radius 1 is 1.21 bits per heavy atom. The van der Waals surface area contributed by atoms with E-state index in [0.717, 1.165) is 11.1 Å². The Morgan fingerprint density at radius 2 is 2.00 bits per heavy atom. The molecule has 2 aromatic rings. The molecule has 0 heterocycles. The molecule has 0 unspecified atom stereocenters. The summed E-state index contributed by atoms with van der Waals surface area (Å²) in [6.07, 6.45) is 0. The van der Waals surface area contributed by atoms with Gasteiger partial charge in [-0.05, 0) is 42.3 Å². The van der Waals surface area contributed by atoms with E-state index in [1.54, 1.807) is 12.1 Å². The summed E-state index contributed by atoms with van der Waals surface area (Å²) in [5, 5.41) is 10.5. The molecule has 0 fully saturated rings. The van der Waals surface area contributed by atoms with Gasteiger partial charge >= 0.3 is 0 Å². The number of hydrogen-bond donors (Lipinski definition) is 0. The van der Waals surface area contributed by atoms with Crippen molar-refractivity contribution in [3.05, 3.63) is 58.1 Å². The van der Waals surface area contributed by atoms with Gasteiger partial charge in [-0.2, -0.15) is 5.26 Å². The number of alkyl halides is 1. The van der Waals surface area contributed by atoms with Crippen LogP contribution in [0.2, 0.25) is 5.02 Å². The molecule has 96 valence electrons. The van der Waals surface area contributed by atoms with Crippen molar-refractivity contribution in [1.82, 2.24) is 0 Å². The second-order valence-corrected chi connectivity index (χ2v) is 5.08. The average Bonchev–Trinajstić information content (AvgIpc) is 2.43. The van der Waals surface area contributed by atoms with Crippen LogP contribution in [0.1, 0.15) is 16.7 Å². The van der Waals surface area contributed by atoms with Crippen LogP contribution in [-0.2, 0) is 5.33 Å². The molecular formula is C15H11BrClNO. The maximum absolute atomic E-state index is 9.17. The standard InChI is InChI=1S/C15H11BrClNO/c1-10-2-4-13(17)7-15(10)19-14-5-3-11(8-16)6-12(14)9-18/h2-7H,8H2,1H3. The first-order valence-electron chi connectivity index (χ1n) is 5.67. The number of rotatable bonds is 3. The summed E-state index contributed by atoms with van der Waals surface area (Å²) >= 11 is 9.32. The molecule has 2 rings (SSSR count). The van der Waals surface area contributed by atoms with Crippen LogP contribution in [0.3, 0.4) is 0 Å². The van der Waals surface area contributed by atoms with Gasteiger partial charge in [-0.1, -0.05) is 39.7 Å². The number of ether oxygens (including phenoxy) is 1. The minimum Gasteiger partial charge on any atom is -0.456 e. The number of halogens is 2. The zero-order chi connectivity index (χ0) is 13.8. The lowest BCUT2D eigenvalue weighted by Crippen LogP contribution is -1.92. The minimum atomic E-state index is 0.510. The molecule has 0 N–H and O–H groups in total. The Balaban J connectivity index is 2.38. The summed E-state index contributed by atoms with van der Waals surface area (Å²) in [6, 6.07) is 13.1. The summed E-state index contributed by atoms with van der Waals surface area (Å²) in [7, 11) is 0. The third-order valence-corrected chi connectivity index (χ3v) is 3.57. The highest BCUT2D eigenvalue weighted by Crippen LogP contribution is 2.30. The second kappa shape index (κ2) is 6.10. The molecule has 4 heteroatoms. The van der Waals surface area contributed by atoms with Gasteiger partial charge in [0.25, 0.3) is 0 Å². The van der Waals surface area contributed by atoms with Gasteiger partial charge in [0.1, 0.15) is 17.6 Å². The van der Waals surface area contributed by atoms with Crippen molar-refractivity contribution in [2.45, 2.75) is 12.3 Å². The summed E-state index contributed by atoms with van der Waals surface area (Å²) in [4.78, 5) is 0. The lowest BCUT2D eigenvalue weighted by Gasteiger charge is -2.11. The molecular weight excluding hydrogens is 326 g/mol. The lowest BCUT2D eigenvalue weighted by molar-refractivity contribution is 0.477. The van der Waals surface area contributed by atoms with Crippen LogP contribution >= 0.6 is 27.5 Å². The number of nitrogens with zero attached hydrogens (tertiary/aromatic N) is 1. The Bertz CT molecular complexity index is 649. The van der Waals surface area contributed by atoms with Gasteiger partial charge in [-0.15, -0.1) is 0 Å². The van der Waals surface area contributed by atoms with E-state index >= 15 is 0 Å². The second-order valence-electron chi connectivity index (χ2n) is 4.09. The Hall–Kier alpha value is -1.50. The predicted molar refractivity (Wildman–Crippen MR) is 80.1 cm³/mol. The maximum atomic E-state index is 9.17. The SMILES string of the molecule is Cc1ccc(Cl)cc1Oc1ccc(CBr)cc1C#N. The van der Waals surface area contributed by atoms with Gasteiger partial charge < -0.3 is 4.74 Å². The fourth-order valence-electron chi connectivity index (χ4n) is 1.64. The summed E-state index contributed by atoms with van der Waals surface area (Å²) in [5.41, 5.74) is 2.51. The third-order valence-electron chi connectivity index (χ3n) is 2.69. The first-order chi connectivity index (χ1) is 9.13. The highest BCUT2D eigenvalue weighted by Gasteiger charge is 2.08. The van der Waals surface area contributed by atoms with Crippen molar-refractivity contribution >= 4 is 27.5 Å². The van der Waals surface area contributed by atoms with Crippen LogP contribution in [0.5, 0.6) is 11.5 Å². The molecule has 0 saturated heterocycles. The zero-order valence-electron chi connectivity index (χ0n) is 10.3. The van der Waals surface area contributed by atoms with Crippen LogP contribution in [0.4, 0.5) is 0 Å². The van der Waals surface area contributed by atoms with Crippen LogP contribution in [0.15, 0.2) is 36.4 Å². The maximum Gasteiger partial charge on any atom is 0.145 e. The van der Waals surface area contributed by atoms with E-state index in [1.165, 1.54) is 0 Å². The van der Waals surface area contributed by atoms with Crippen molar-refractivity contribution in [2.24, 2.45) is 0 Å². The van der Waals surface area contributed by atoms with Crippen LogP contribution in [-0.4, -0.2) is 0 Å². The monoisotopic (exact) mass is 335 g/mol. The number of aryl methyl sites for hydroxylation is 1. The quantitative estimate of drug-likeness (QED) is 0.721. The van der Waals surface area contributed by atoms with Gasteiger partial charge in [0, 0.05) is 10.4 Å². The lowest BCUT2D eigenvalue weighted by atomic mass is 10.1. The summed E-state index contributed by atoms with van der Waals surface area (Å²) in [6.45, 7) is 1.94. The first-order valence-corrected chi connectivity index (χ1v) is 7.17. The van der Waals surface area contributed by atoms with Gasteiger partial charge in [0.05, 0.1) is 5.56 Å². The Labute approximate surface area is 125 Å². The van der Waals surface area contributed by atoms with E-state index in [4.69, 9.17) is 21.6 Å². The number of hydrogen-bond acceptors (Lipinski definition) is 2. The molecule has 0 aliphatic heterocycles. The molecule has 0 aliphatic rings. The van der Waals surface area contributed by atoms with E-state index in [9.17, 15) is 0 Å². The third kappa shape index (κ3) is 3.28. The highest BCUT2D eigenvalue weighted by molar-refractivity contribution is 9.08. The predicted octanol–water partition coefficient (Wildman–Crippen LogP) is 5.21. The molecule has 0 spiro atoms. The summed E-state index contributed by atoms with van der Waals surface area (Å²) in [5.74, 6) is 1.20. The molecule has 0 amide bonds. The van der Waals surface area contributed by atoms with Gasteiger partial charge in [-0.3, -0.25) is 0 Å². The fraction of sp³-hybridized carbons (Fsp3) is 0.133. The van der Waals surface area contributed by atoms with Crippen molar-refractivity contribution in [2.75, 3.05) is 0 Å². The van der Waals surface area contributed by atoms with Crippen molar-refractivity contribution in [3.8, 4) is 17.6 Å². The van der Waals surface area contributed by atoms with Crippen molar-refractivity contribution in [1.29, 1.82) is 5.26 Å². The molecule has 0 aliphatic carbocycles. The van der Waals surface area contributed by atoms with Crippen LogP contribution in [0.25, 0.3) is 0 Å². The van der Waals surface area contributed by atoms with E-state index in [0.29, 0.717) is 27.4 Å². The van der Waals surface area contributed by atoms with Crippen molar-refractivity contribution in [3.63, 3.8) is 0 Å². The largest absolute Gasteiger partial charge is 0.456 e. The zero-order valence-corrected chi connectivity index (χ0v) is 12.6. The molecule has 0 saturated carbocycles. The summed E-state index contributed by atoms with van der Waals surface area (Å²) < 4.78 is 5.79. The molecule has 19 heavy (non-hydrogen) atoms.